The predicted molar refractivity (Wildman–Crippen MR) is 85.0 cm³/mol. The van der Waals surface area contributed by atoms with Gasteiger partial charge in [-0.15, -0.1) is 0 Å². The van der Waals surface area contributed by atoms with Gasteiger partial charge in [0.1, 0.15) is 5.82 Å². The Morgan fingerprint density at radius 1 is 1.43 bits per heavy atom. The van der Waals surface area contributed by atoms with E-state index < -0.39 is 0 Å². The van der Waals surface area contributed by atoms with Crippen LogP contribution in [-0.4, -0.2) is 16.9 Å². The van der Waals surface area contributed by atoms with E-state index in [1.807, 2.05) is 24.3 Å². The van der Waals surface area contributed by atoms with E-state index in [4.69, 9.17) is 5.73 Å². The van der Waals surface area contributed by atoms with Gasteiger partial charge in [0.05, 0.1) is 11.1 Å². The quantitative estimate of drug-likeness (QED) is 0.886. The first kappa shape index (κ1) is 13.9. The zero-order valence-corrected chi connectivity index (χ0v) is 12.3. The van der Waals surface area contributed by atoms with Gasteiger partial charge >= 0.3 is 0 Å². The van der Waals surface area contributed by atoms with Gasteiger partial charge in [-0.2, -0.15) is 0 Å². The number of carbonyl (C=O) groups is 1. The molecule has 21 heavy (non-hydrogen) atoms. The molecule has 1 heterocycles. The highest BCUT2D eigenvalue weighted by atomic mass is 16.1. The molecule has 0 spiro atoms. The highest BCUT2D eigenvalue weighted by Crippen LogP contribution is 2.34. The topological polar surface area (TPSA) is 68.0 Å². The van der Waals surface area contributed by atoms with Crippen LogP contribution in [0, 0.1) is 5.92 Å². The normalized spacial score (nSPS) is 15.9. The number of hydrogen-bond acceptors (Lipinski definition) is 3. The Kier molecular flexibility index (Phi) is 3.78. The molecule has 110 valence electrons. The van der Waals surface area contributed by atoms with Gasteiger partial charge < -0.3 is 11.1 Å². The third-order valence-electron chi connectivity index (χ3n) is 4.12. The number of nitrogen functional groups attached to an aromatic ring is 1. The molecule has 1 aromatic heterocycles. The molecule has 1 unspecified atom stereocenters. The molecule has 4 nitrogen and oxygen atoms in total. The second-order valence-corrected chi connectivity index (χ2v) is 5.87. The van der Waals surface area contributed by atoms with Gasteiger partial charge in [0.15, 0.2) is 0 Å². The number of rotatable bonds is 5. The minimum atomic E-state index is -0.0483. The first-order valence-electron chi connectivity index (χ1n) is 7.63. The van der Waals surface area contributed by atoms with E-state index in [2.05, 4.69) is 17.2 Å². The Morgan fingerprint density at radius 2 is 2.19 bits per heavy atom. The molecule has 4 heteroatoms. The molecule has 1 saturated carbocycles. The van der Waals surface area contributed by atoms with Crippen molar-refractivity contribution in [3.8, 4) is 0 Å². The number of amides is 1. The van der Waals surface area contributed by atoms with Gasteiger partial charge in [-0.1, -0.05) is 38.0 Å². The molecule has 3 N–H and O–H groups in total. The van der Waals surface area contributed by atoms with E-state index in [0.29, 0.717) is 11.4 Å². The summed E-state index contributed by atoms with van der Waals surface area (Å²) in [7, 11) is 0. The first-order chi connectivity index (χ1) is 10.2. The third-order valence-corrected chi connectivity index (χ3v) is 4.12. The molecule has 1 atom stereocenters. The number of anilines is 1. The fourth-order valence-corrected chi connectivity index (χ4v) is 2.73. The lowest BCUT2D eigenvalue weighted by Crippen LogP contribution is -2.35. The van der Waals surface area contributed by atoms with Crippen molar-refractivity contribution in [2.45, 2.75) is 38.6 Å². The Hall–Kier alpha value is -2.10. The van der Waals surface area contributed by atoms with Crippen LogP contribution in [0.1, 0.15) is 43.0 Å². The largest absolute Gasteiger partial charge is 0.384 e. The van der Waals surface area contributed by atoms with Crippen molar-refractivity contribution in [2.75, 3.05) is 5.73 Å². The van der Waals surface area contributed by atoms with Gasteiger partial charge in [0.25, 0.3) is 5.91 Å². The van der Waals surface area contributed by atoms with Crippen LogP contribution in [0.5, 0.6) is 0 Å². The van der Waals surface area contributed by atoms with Crippen LogP contribution in [-0.2, 0) is 0 Å². The average Bonchev–Trinajstić information content (AvgIpc) is 3.29. The maximum absolute atomic E-state index is 12.6. The molecular weight excluding hydrogens is 262 g/mol. The number of nitrogens with two attached hydrogens (primary N) is 1. The molecule has 1 amide bonds. The number of aromatic nitrogens is 1. The van der Waals surface area contributed by atoms with E-state index in [1.165, 1.54) is 12.8 Å². The number of para-hydroxylation sites is 1. The van der Waals surface area contributed by atoms with E-state index in [9.17, 15) is 4.79 Å². The summed E-state index contributed by atoms with van der Waals surface area (Å²) in [4.78, 5) is 16.9. The number of hydrogen-bond donors (Lipinski definition) is 2. The summed E-state index contributed by atoms with van der Waals surface area (Å²) in [5.74, 6) is 1.14. The molecule has 1 aromatic carbocycles. The lowest BCUT2D eigenvalue weighted by molar-refractivity contribution is 0.0934. The third kappa shape index (κ3) is 3.15. The SMILES string of the molecule is CCC(CC1CC1)NC(=O)c1cc(N)nc2ccccc12. The van der Waals surface area contributed by atoms with Gasteiger partial charge in [-0.25, -0.2) is 4.98 Å². The van der Waals surface area contributed by atoms with E-state index in [0.717, 1.165) is 29.7 Å². The zero-order chi connectivity index (χ0) is 14.8. The number of pyridine rings is 1. The summed E-state index contributed by atoms with van der Waals surface area (Å²) < 4.78 is 0. The minimum absolute atomic E-state index is 0.0483. The average molecular weight is 283 g/mol. The molecule has 1 aliphatic carbocycles. The summed E-state index contributed by atoms with van der Waals surface area (Å²) in [6.07, 6.45) is 4.65. The highest BCUT2D eigenvalue weighted by molar-refractivity contribution is 6.06. The van der Waals surface area contributed by atoms with Gasteiger partial charge in [-0.05, 0) is 30.9 Å². The Morgan fingerprint density at radius 3 is 2.90 bits per heavy atom. The number of benzene rings is 1. The van der Waals surface area contributed by atoms with Crippen molar-refractivity contribution in [3.63, 3.8) is 0 Å². The van der Waals surface area contributed by atoms with Crippen molar-refractivity contribution >= 4 is 22.6 Å². The Balaban J connectivity index is 1.86. The summed E-state index contributed by atoms with van der Waals surface area (Å²) in [6, 6.07) is 9.53. The van der Waals surface area contributed by atoms with Crippen LogP contribution in [0.25, 0.3) is 10.9 Å². The standard InChI is InChI=1S/C17H21N3O/c1-2-12(9-11-7-8-11)19-17(21)14-10-16(18)20-15-6-4-3-5-13(14)15/h3-6,10-12H,2,7-9H2,1H3,(H2,18,20)(H,19,21). The zero-order valence-electron chi connectivity index (χ0n) is 12.3. The monoisotopic (exact) mass is 283 g/mol. The molecule has 2 aromatic rings. The summed E-state index contributed by atoms with van der Waals surface area (Å²) in [6.45, 7) is 2.12. The molecular formula is C17H21N3O. The molecule has 0 radical (unpaired) electrons. The Labute approximate surface area is 124 Å². The maximum atomic E-state index is 12.6. The van der Waals surface area contributed by atoms with Crippen LogP contribution < -0.4 is 11.1 Å². The summed E-state index contributed by atoms with van der Waals surface area (Å²) in [5, 5.41) is 4.00. The lowest BCUT2D eigenvalue weighted by Gasteiger charge is -2.17. The minimum Gasteiger partial charge on any atom is -0.384 e. The lowest BCUT2D eigenvalue weighted by atomic mass is 10.0. The van der Waals surface area contributed by atoms with Gasteiger partial charge in [0, 0.05) is 11.4 Å². The van der Waals surface area contributed by atoms with Crippen LogP contribution in [0.4, 0.5) is 5.82 Å². The van der Waals surface area contributed by atoms with Crippen LogP contribution in [0.15, 0.2) is 30.3 Å². The summed E-state index contributed by atoms with van der Waals surface area (Å²) >= 11 is 0. The van der Waals surface area contributed by atoms with Crippen LogP contribution in [0.2, 0.25) is 0 Å². The van der Waals surface area contributed by atoms with Gasteiger partial charge in [-0.3, -0.25) is 4.79 Å². The number of nitrogens with one attached hydrogen (secondary N) is 1. The number of nitrogens with zero attached hydrogens (tertiary/aromatic N) is 1. The first-order valence-corrected chi connectivity index (χ1v) is 7.63. The molecule has 3 rings (SSSR count). The molecule has 0 aliphatic heterocycles. The van der Waals surface area contributed by atoms with Crippen molar-refractivity contribution in [3.05, 3.63) is 35.9 Å². The second kappa shape index (κ2) is 5.72. The van der Waals surface area contributed by atoms with Crippen molar-refractivity contribution in [1.82, 2.24) is 10.3 Å². The molecule has 0 saturated heterocycles. The van der Waals surface area contributed by atoms with Crippen molar-refractivity contribution < 1.29 is 4.79 Å². The highest BCUT2D eigenvalue weighted by Gasteiger charge is 2.26. The smallest absolute Gasteiger partial charge is 0.252 e. The van der Waals surface area contributed by atoms with Crippen molar-refractivity contribution in [1.29, 1.82) is 0 Å². The van der Waals surface area contributed by atoms with E-state index >= 15 is 0 Å². The Bertz CT molecular complexity index is 664. The maximum Gasteiger partial charge on any atom is 0.252 e. The summed E-state index contributed by atoms with van der Waals surface area (Å²) in [5.41, 5.74) is 7.21. The molecule has 1 aliphatic rings. The van der Waals surface area contributed by atoms with Crippen LogP contribution in [0.3, 0.4) is 0 Å². The van der Waals surface area contributed by atoms with E-state index in [1.54, 1.807) is 6.07 Å². The fourth-order valence-electron chi connectivity index (χ4n) is 2.73. The fraction of sp³-hybridized carbons (Fsp3) is 0.412. The second-order valence-electron chi connectivity index (χ2n) is 5.87. The predicted octanol–water partition coefficient (Wildman–Crippen LogP) is 3.13. The number of carbonyl (C=O) groups excluding carboxylic acids is 1. The van der Waals surface area contributed by atoms with Crippen molar-refractivity contribution in [2.24, 2.45) is 5.92 Å². The van der Waals surface area contributed by atoms with E-state index in [-0.39, 0.29) is 11.9 Å². The number of fused-ring (bicyclic) bond motifs is 1. The van der Waals surface area contributed by atoms with Crippen LogP contribution >= 0.6 is 0 Å². The molecule has 1 fully saturated rings. The molecule has 0 bridgehead atoms. The van der Waals surface area contributed by atoms with Gasteiger partial charge in [0.2, 0.25) is 0 Å².